The number of aryl methyl sites for hydroxylation is 1. The molecule has 2 N–H and O–H groups in total. The molecule has 0 radical (unpaired) electrons. The summed E-state index contributed by atoms with van der Waals surface area (Å²) < 4.78 is 10.5. The highest BCUT2D eigenvalue weighted by Crippen LogP contribution is 2.27. The first-order valence-electron chi connectivity index (χ1n) is 9.19. The zero-order valence-corrected chi connectivity index (χ0v) is 16.7. The Morgan fingerprint density at radius 1 is 0.897 bits per heavy atom. The fourth-order valence-corrected chi connectivity index (χ4v) is 2.70. The summed E-state index contributed by atoms with van der Waals surface area (Å²) in [5, 5.41) is 6.03. The van der Waals surface area contributed by atoms with Crippen molar-refractivity contribution in [1.82, 2.24) is 15.3 Å². The fourth-order valence-electron chi connectivity index (χ4n) is 2.70. The highest BCUT2D eigenvalue weighted by atomic mass is 16.5. The molecule has 1 amide bonds. The number of methoxy groups -OCH3 is 2. The second kappa shape index (κ2) is 9.54. The van der Waals surface area contributed by atoms with Crippen molar-refractivity contribution in [3.05, 3.63) is 77.2 Å². The molecule has 1 heterocycles. The van der Waals surface area contributed by atoms with Crippen LogP contribution in [-0.2, 0) is 13.1 Å². The number of hydrogen-bond acceptors (Lipinski definition) is 6. The van der Waals surface area contributed by atoms with Gasteiger partial charge in [-0.2, -0.15) is 0 Å². The van der Waals surface area contributed by atoms with Crippen LogP contribution in [0.1, 0.15) is 27.2 Å². The van der Waals surface area contributed by atoms with E-state index in [-0.39, 0.29) is 11.6 Å². The lowest BCUT2D eigenvalue weighted by Gasteiger charge is -2.10. The molecule has 0 unspecified atom stereocenters. The second-order valence-electron chi connectivity index (χ2n) is 6.50. The topological polar surface area (TPSA) is 85.4 Å². The molecule has 0 aliphatic rings. The van der Waals surface area contributed by atoms with Gasteiger partial charge in [-0.1, -0.05) is 35.9 Å². The molecule has 0 saturated carbocycles. The van der Waals surface area contributed by atoms with Crippen LogP contribution in [0.4, 0.5) is 5.82 Å². The number of nitrogens with one attached hydrogen (secondary N) is 2. The van der Waals surface area contributed by atoms with Crippen LogP contribution in [-0.4, -0.2) is 30.1 Å². The Balaban J connectivity index is 1.54. The van der Waals surface area contributed by atoms with Crippen LogP contribution in [0.2, 0.25) is 0 Å². The summed E-state index contributed by atoms with van der Waals surface area (Å²) >= 11 is 0. The van der Waals surface area contributed by atoms with E-state index in [1.807, 2.05) is 49.4 Å². The molecular weight excluding hydrogens is 368 g/mol. The molecule has 0 saturated heterocycles. The van der Waals surface area contributed by atoms with E-state index in [0.717, 1.165) is 11.1 Å². The monoisotopic (exact) mass is 392 g/mol. The molecule has 2 aromatic carbocycles. The number of aromatic nitrogens is 2. The third-order valence-electron chi connectivity index (χ3n) is 4.38. The lowest BCUT2D eigenvalue weighted by molar-refractivity contribution is 0.0945. The van der Waals surface area contributed by atoms with Crippen LogP contribution >= 0.6 is 0 Å². The van der Waals surface area contributed by atoms with Crippen molar-refractivity contribution in [2.75, 3.05) is 19.5 Å². The molecule has 7 nitrogen and oxygen atoms in total. The normalized spacial score (nSPS) is 10.3. The summed E-state index contributed by atoms with van der Waals surface area (Å²) in [6.45, 7) is 3.01. The highest BCUT2D eigenvalue weighted by Gasteiger charge is 2.09. The Kier molecular flexibility index (Phi) is 6.63. The lowest BCUT2D eigenvalue weighted by atomic mass is 10.1. The molecule has 0 aliphatic carbocycles. The maximum atomic E-state index is 12.2. The molecule has 0 aliphatic heterocycles. The Labute approximate surface area is 170 Å². The Hall–Kier alpha value is -3.61. The summed E-state index contributed by atoms with van der Waals surface area (Å²) in [6, 6.07) is 13.7. The number of carbonyl (C=O) groups excluding carboxylic acids is 1. The molecule has 0 spiro atoms. The van der Waals surface area contributed by atoms with E-state index in [0.29, 0.717) is 30.4 Å². The van der Waals surface area contributed by atoms with Crippen LogP contribution in [0.3, 0.4) is 0 Å². The van der Waals surface area contributed by atoms with Crippen molar-refractivity contribution in [3.8, 4) is 11.5 Å². The van der Waals surface area contributed by atoms with Crippen LogP contribution in [0.5, 0.6) is 11.5 Å². The first-order valence-corrected chi connectivity index (χ1v) is 9.19. The van der Waals surface area contributed by atoms with Crippen LogP contribution in [0, 0.1) is 6.92 Å². The van der Waals surface area contributed by atoms with Crippen molar-refractivity contribution in [2.24, 2.45) is 0 Å². The first-order chi connectivity index (χ1) is 14.1. The van der Waals surface area contributed by atoms with Gasteiger partial charge in [-0.05, 0) is 30.2 Å². The maximum absolute atomic E-state index is 12.2. The minimum atomic E-state index is -0.260. The summed E-state index contributed by atoms with van der Waals surface area (Å²) in [6.07, 6.45) is 3.00. The standard InChI is InChI=1S/C22H24N4O3/c1-15-4-6-16(7-5-15)11-26-22(27)18-13-25-21(14-23-18)24-12-17-8-9-19(28-2)20(10-17)29-3/h4-10,13-14H,11-12H2,1-3H3,(H,24,25)(H,26,27). The minimum absolute atomic E-state index is 0.260. The number of anilines is 1. The van der Waals surface area contributed by atoms with E-state index in [1.54, 1.807) is 20.4 Å². The molecule has 0 bridgehead atoms. The third kappa shape index (κ3) is 5.44. The maximum Gasteiger partial charge on any atom is 0.271 e. The highest BCUT2D eigenvalue weighted by molar-refractivity contribution is 5.91. The number of hydrogen-bond donors (Lipinski definition) is 2. The number of nitrogens with zero attached hydrogens (tertiary/aromatic N) is 2. The van der Waals surface area contributed by atoms with Gasteiger partial charge in [-0.3, -0.25) is 4.79 Å². The average Bonchev–Trinajstić information content (AvgIpc) is 2.77. The predicted octanol–water partition coefficient (Wildman–Crippen LogP) is 3.34. The predicted molar refractivity (Wildman–Crippen MR) is 111 cm³/mol. The van der Waals surface area contributed by atoms with Gasteiger partial charge in [0.25, 0.3) is 5.91 Å². The van der Waals surface area contributed by atoms with Crippen LogP contribution in [0.15, 0.2) is 54.9 Å². The van der Waals surface area contributed by atoms with Crippen LogP contribution in [0.25, 0.3) is 0 Å². The smallest absolute Gasteiger partial charge is 0.271 e. The van der Waals surface area contributed by atoms with Crippen molar-refractivity contribution >= 4 is 11.7 Å². The van der Waals surface area contributed by atoms with Gasteiger partial charge in [-0.25, -0.2) is 9.97 Å². The fraction of sp³-hybridized carbons (Fsp3) is 0.227. The molecule has 0 atom stereocenters. The molecule has 150 valence electrons. The van der Waals surface area contributed by atoms with Gasteiger partial charge in [0.15, 0.2) is 11.5 Å². The van der Waals surface area contributed by atoms with E-state index in [4.69, 9.17) is 9.47 Å². The SMILES string of the molecule is COc1ccc(CNc2cnc(C(=O)NCc3ccc(C)cc3)cn2)cc1OC. The molecule has 29 heavy (non-hydrogen) atoms. The van der Waals surface area contributed by atoms with Crippen molar-refractivity contribution in [1.29, 1.82) is 0 Å². The second-order valence-corrected chi connectivity index (χ2v) is 6.50. The van der Waals surface area contributed by atoms with Crippen molar-refractivity contribution in [2.45, 2.75) is 20.0 Å². The summed E-state index contributed by atoms with van der Waals surface area (Å²) in [5.41, 5.74) is 3.49. The molecule has 7 heteroatoms. The quantitative estimate of drug-likeness (QED) is 0.612. The Morgan fingerprint density at radius 2 is 1.62 bits per heavy atom. The van der Waals surface area contributed by atoms with Gasteiger partial charge in [0.05, 0.1) is 26.6 Å². The Morgan fingerprint density at radius 3 is 2.28 bits per heavy atom. The zero-order valence-electron chi connectivity index (χ0n) is 16.7. The zero-order chi connectivity index (χ0) is 20.6. The van der Waals surface area contributed by atoms with E-state index >= 15 is 0 Å². The van der Waals surface area contributed by atoms with Gasteiger partial charge < -0.3 is 20.1 Å². The molecular formula is C22H24N4O3. The van der Waals surface area contributed by atoms with E-state index in [9.17, 15) is 4.79 Å². The van der Waals surface area contributed by atoms with E-state index in [1.165, 1.54) is 11.8 Å². The van der Waals surface area contributed by atoms with E-state index in [2.05, 4.69) is 20.6 Å². The molecule has 3 aromatic rings. The summed E-state index contributed by atoms with van der Waals surface area (Å²) in [7, 11) is 3.20. The van der Waals surface area contributed by atoms with Gasteiger partial charge in [-0.15, -0.1) is 0 Å². The van der Waals surface area contributed by atoms with Gasteiger partial charge >= 0.3 is 0 Å². The number of ether oxygens (including phenoxy) is 2. The van der Waals surface area contributed by atoms with Gasteiger partial charge in [0, 0.05) is 13.1 Å². The van der Waals surface area contributed by atoms with Crippen molar-refractivity contribution in [3.63, 3.8) is 0 Å². The first kappa shape index (κ1) is 20.1. The largest absolute Gasteiger partial charge is 0.493 e. The minimum Gasteiger partial charge on any atom is -0.493 e. The van der Waals surface area contributed by atoms with Crippen molar-refractivity contribution < 1.29 is 14.3 Å². The van der Waals surface area contributed by atoms with Gasteiger partial charge in [0.2, 0.25) is 0 Å². The number of carbonyl (C=O) groups is 1. The summed E-state index contributed by atoms with van der Waals surface area (Å²) in [4.78, 5) is 20.7. The number of benzene rings is 2. The molecule has 0 fully saturated rings. The van der Waals surface area contributed by atoms with Gasteiger partial charge in [0.1, 0.15) is 11.5 Å². The summed E-state index contributed by atoms with van der Waals surface area (Å²) in [5.74, 6) is 1.66. The average molecular weight is 392 g/mol. The molecule has 3 rings (SSSR count). The third-order valence-corrected chi connectivity index (χ3v) is 4.38. The Bertz CT molecular complexity index is 957. The lowest BCUT2D eigenvalue weighted by Crippen LogP contribution is -2.24. The molecule has 1 aromatic heterocycles. The van der Waals surface area contributed by atoms with E-state index < -0.39 is 0 Å². The van der Waals surface area contributed by atoms with Crippen LogP contribution < -0.4 is 20.1 Å². The number of amides is 1. The number of rotatable bonds is 8.